The van der Waals surface area contributed by atoms with E-state index in [1.165, 1.54) is 28.8 Å². The molecule has 0 spiro atoms. The molecule has 1 aliphatic rings. The van der Waals surface area contributed by atoms with E-state index in [4.69, 9.17) is 4.42 Å². The van der Waals surface area contributed by atoms with E-state index >= 15 is 0 Å². The number of carbonyl (C=O) groups excluding carboxylic acids is 1. The molecule has 2 heterocycles. The van der Waals surface area contributed by atoms with E-state index in [9.17, 15) is 22.8 Å². The van der Waals surface area contributed by atoms with Crippen LogP contribution in [0.4, 0.5) is 18.9 Å². The summed E-state index contributed by atoms with van der Waals surface area (Å²) in [5, 5.41) is 0.306. The van der Waals surface area contributed by atoms with Crippen LogP contribution < -0.4 is 10.3 Å². The smallest absolute Gasteiger partial charge is 0.416 e. The van der Waals surface area contributed by atoms with Crippen LogP contribution in [0.3, 0.4) is 0 Å². The van der Waals surface area contributed by atoms with Crippen LogP contribution in [0, 0.1) is 0 Å². The lowest BCUT2D eigenvalue weighted by molar-refractivity contribution is -0.137. The normalized spacial score (nSPS) is 15.8. The van der Waals surface area contributed by atoms with E-state index in [0.29, 0.717) is 10.9 Å². The molecule has 0 radical (unpaired) electrons. The van der Waals surface area contributed by atoms with Crippen molar-refractivity contribution in [1.82, 2.24) is 0 Å². The Morgan fingerprint density at radius 2 is 1.67 bits per heavy atom. The molecule has 4 aromatic rings. The number of nitrogens with zero attached hydrogens (tertiary/aromatic N) is 1. The molecule has 1 aromatic heterocycles. The Kier molecular flexibility index (Phi) is 5.05. The number of carbonyl (C=O) groups is 1. The summed E-state index contributed by atoms with van der Waals surface area (Å²) in [7, 11) is 0. The second kappa shape index (κ2) is 7.81. The molecule has 0 saturated heterocycles. The van der Waals surface area contributed by atoms with Crippen molar-refractivity contribution in [2.45, 2.75) is 17.1 Å². The molecule has 0 bridgehead atoms. The van der Waals surface area contributed by atoms with Gasteiger partial charge in [-0.3, -0.25) is 14.5 Å². The number of halogens is 3. The first-order valence-electron chi connectivity index (χ1n) is 10.00. The summed E-state index contributed by atoms with van der Waals surface area (Å²) in [5.74, 6) is -0.818. The van der Waals surface area contributed by atoms with Gasteiger partial charge >= 0.3 is 6.18 Å². The highest BCUT2D eigenvalue weighted by atomic mass is 32.2. The van der Waals surface area contributed by atoms with Crippen molar-refractivity contribution in [3.63, 3.8) is 0 Å². The molecule has 0 aliphatic carbocycles. The van der Waals surface area contributed by atoms with Gasteiger partial charge in [0.05, 0.1) is 22.6 Å². The van der Waals surface area contributed by atoms with Gasteiger partial charge in [0.15, 0.2) is 5.43 Å². The maximum absolute atomic E-state index is 13.5. The first-order chi connectivity index (χ1) is 15.8. The monoisotopic (exact) mass is 467 g/mol. The zero-order valence-electron chi connectivity index (χ0n) is 17.2. The number of rotatable bonds is 3. The number of fused-ring (bicyclic) bond motifs is 2. The minimum absolute atomic E-state index is 0.0311. The maximum atomic E-state index is 13.5. The molecule has 0 saturated carbocycles. The van der Waals surface area contributed by atoms with Crippen molar-refractivity contribution in [1.29, 1.82) is 0 Å². The van der Waals surface area contributed by atoms with Crippen LogP contribution in [0.25, 0.3) is 11.0 Å². The molecule has 3 aromatic carbocycles. The van der Waals surface area contributed by atoms with E-state index in [1.54, 1.807) is 36.4 Å². The summed E-state index contributed by atoms with van der Waals surface area (Å²) in [4.78, 5) is 29.1. The fourth-order valence-corrected chi connectivity index (χ4v) is 4.53. The Balaban J connectivity index is 1.77. The molecule has 33 heavy (non-hydrogen) atoms. The quantitative estimate of drug-likeness (QED) is 0.333. The molecular formula is C25H16F3NO3S. The Morgan fingerprint density at radius 1 is 0.939 bits per heavy atom. The Bertz CT molecular complexity index is 1440. The number of hydrogen-bond acceptors (Lipinski definition) is 4. The number of anilines is 1. The molecule has 0 unspecified atom stereocenters. The Morgan fingerprint density at radius 3 is 2.36 bits per heavy atom. The average Bonchev–Trinajstić information content (AvgIpc) is 3.11. The topological polar surface area (TPSA) is 50.5 Å². The molecule has 0 N–H and O–H groups in total. The molecular weight excluding hydrogens is 451 g/mol. The van der Waals surface area contributed by atoms with Gasteiger partial charge < -0.3 is 4.42 Å². The van der Waals surface area contributed by atoms with Crippen LogP contribution >= 0.6 is 11.8 Å². The van der Waals surface area contributed by atoms with Crippen LogP contribution in [0.5, 0.6) is 0 Å². The summed E-state index contributed by atoms with van der Waals surface area (Å²) in [6.45, 7) is 0. The van der Waals surface area contributed by atoms with Crippen molar-refractivity contribution in [2.24, 2.45) is 0 Å². The molecule has 1 aliphatic heterocycles. The van der Waals surface area contributed by atoms with Gasteiger partial charge in [0.2, 0.25) is 5.76 Å². The molecule has 0 fully saturated rings. The predicted molar refractivity (Wildman–Crippen MR) is 121 cm³/mol. The third kappa shape index (κ3) is 3.51. The lowest BCUT2D eigenvalue weighted by Crippen LogP contribution is -2.29. The molecule has 166 valence electrons. The summed E-state index contributed by atoms with van der Waals surface area (Å²) in [6, 6.07) is 17.4. The summed E-state index contributed by atoms with van der Waals surface area (Å²) < 4.78 is 46.0. The molecule has 1 atom stereocenters. The van der Waals surface area contributed by atoms with Gasteiger partial charge in [0.25, 0.3) is 5.91 Å². The number of alkyl halides is 3. The highest BCUT2D eigenvalue weighted by molar-refractivity contribution is 7.98. The van der Waals surface area contributed by atoms with Gasteiger partial charge in [-0.25, -0.2) is 0 Å². The molecule has 8 heteroatoms. The van der Waals surface area contributed by atoms with Crippen molar-refractivity contribution in [2.75, 3.05) is 11.2 Å². The highest BCUT2D eigenvalue weighted by Gasteiger charge is 2.44. The second-order valence-electron chi connectivity index (χ2n) is 7.57. The largest absolute Gasteiger partial charge is 0.450 e. The van der Waals surface area contributed by atoms with Gasteiger partial charge in [0, 0.05) is 10.6 Å². The second-order valence-corrected chi connectivity index (χ2v) is 8.45. The van der Waals surface area contributed by atoms with E-state index in [1.807, 2.05) is 18.4 Å². The number of para-hydroxylation sites is 1. The third-order valence-corrected chi connectivity index (χ3v) is 6.40. The minimum atomic E-state index is -4.58. The predicted octanol–water partition coefficient (Wildman–Crippen LogP) is 6.28. The fraction of sp³-hybridized carbons (Fsp3) is 0.120. The lowest BCUT2D eigenvalue weighted by atomic mass is 9.98. The van der Waals surface area contributed by atoms with Crippen LogP contribution in [-0.2, 0) is 6.18 Å². The summed E-state index contributed by atoms with van der Waals surface area (Å²) in [5.41, 5.74) is -0.271. The van der Waals surface area contributed by atoms with Crippen molar-refractivity contribution in [3.05, 3.63) is 105 Å². The standard InChI is InChI=1S/C25H16F3NO3S/c1-33-17-11-9-14(10-12-17)21-20-22(30)18-7-2-3-8-19(18)32-23(20)24(31)29(21)16-6-4-5-15(13-16)25(26,27)28/h2-13,21H,1H3/t21-/m0/s1. The van der Waals surface area contributed by atoms with E-state index < -0.39 is 23.7 Å². The first kappa shape index (κ1) is 21.3. The zero-order valence-corrected chi connectivity index (χ0v) is 18.0. The van der Waals surface area contributed by atoms with Crippen molar-refractivity contribution >= 4 is 34.3 Å². The van der Waals surface area contributed by atoms with Crippen LogP contribution in [0.2, 0.25) is 0 Å². The van der Waals surface area contributed by atoms with Crippen molar-refractivity contribution < 1.29 is 22.4 Å². The van der Waals surface area contributed by atoms with Gasteiger partial charge in [0.1, 0.15) is 5.58 Å². The average molecular weight is 467 g/mol. The Hall–Kier alpha value is -3.52. The number of hydrogen-bond donors (Lipinski definition) is 0. The van der Waals surface area contributed by atoms with Crippen LogP contribution in [0.15, 0.2) is 86.9 Å². The van der Waals surface area contributed by atoms with E-state index in [2.05, 4.69) is 0 Å². The van der Waals surface area contributed by atoms with E-state index in [0.717, 1.165) is 17.0 Å². The molecule has 4 nitrogen and oxygen atoms in total. The Labute approximate surface area is 190 Å². The number of benzene rings is 3. The molecule has 1 amide bonds. The highest BCUT2D eigenvalue weighted by Crippen LogP contribution is 2.42. The SMILES string of the molecule is CSc1ccc([C@H]2c3c(oc4ccccc4c3=O)C(=O)N2c2cccc(C(F)(F)F)c2)cc1. The van der Waals surface area contributed by atoms with Gasteiger partial charge in [-0.05, 0) is 54.3 Å². The molecule has 5 rings (SSSR count). The maximum Gasteiger partial charge on any atom is 0.416 e. The summed E-state index contributed by atoms with van der Waals surface area (Å²) in [6.07, 6.45) is -2.66. The number of amides is 1. The minimum Gasteiger partial charge on any atom is -0.450 e. The third-order valence-electron chi connectivity index (χ3n) is 5.66. The number of thioether (sulfide) groups is 1. The van der Waals surface area contributed by atoms with Crippen LogP contribution in [-0.4, -0.2) is 12.2 Å². The first-order valence-corrected chi connectivity index (χ1v) is 11.2. The zero-order chi connectivity index (χ0) is 23.3. The van der Waals surface area contributed by atoms with Gasteiger partial charge in [-0.2, -0.15) is 13.2 Å². The van der Waals surface area contributed by atoms with Gasteiger partial charge in [-0.15, -0.1) is 11.8 Å². The van der Waals surface area contributed by atoms with Gasteiger partial charge in [-0.1, -0.05) is 30.3 Å². The van der Waals surface area contributed by atoms with Crippen LogP contribution in [0.1, 0.15) is 33.3 Å². The van der Waals surface area contributed by atoms with E-state index in [-0.39, 0.29) is 28.0 Å². The fourth-order valence-electron chi connectivity index (χ4n) is 4.12. The lowest BCUT2D eigenvalue weighted by Gasteiger charge is -2.26. The summed E-state index contributed by atoms with van der Waals surface area (Å²) >= 11 is 1.53. The van der Waals surface area contributed by atoms with Crippen molar-refractivity contribution in [3.8, 4) is 0 Å².